The Morgan fingerprint density at radius 1 is 1.00 bits per heavy atom. The highest BCUT2D eigenvalue weighted by Crippen LogP contribution is 2.44. The van der Waals surface area contributed by atoms with Gasteiger partial charge >= 0.3 is 12.1 Å². The number of hydrogen-bond donors (Lipinski definition) is 3. The molecule has 7 heteroatoms. The first-order chi connectivity index (χ1) is 16.8. The maximum atomic E-state index is 12.7. The van der Waals surface area contributed by atoms with E-state index in [1.807, 2.05) is 38.1 Å². The molecule has 2 aromatic rings. The zero-order chi connectivity index (χ0) is 24.9. The van der Waals surface area contributed by atoms with Gasteiger partial charge < -0.3 is 20.5 Å². The maximum Gasteiger partial charge on any atom is 0.407 e. The molecule has 2 aliphatic rings. The molecule has 0 radical (unpaired) electrons. The Morgan fingerprint density at radius 2 is 1.63 bits per heavy atom. The van der Waals surface area contributed by atoms with Crippen LogP contribution in [0.15, 0.2) is 48.5 Å². The van der Waals surface area contributed by atoms with Crippen molar-refractivity contribution in [3.8, 4) is 11.1 Å². The Hall–Kier alpha value is -3.35. The molecule has 0 aromatic heterocycles. The molecule has 2 aliphatic carbocycles. The first-order valence-electron chi connectivity index (χ1n) is 12.5. The summed E-state index contributed by atoms with van der Waals surface area (Å²) in [6.07, 6.45) is 2.25. The molecular weight excluding hydrogens is 444 g/mol. The van der Waals surface area contributed by atoms with Crippen LogP contribution in [0.3, 0.4) is 0 Å². The topological polar surface area (TPSA) is 105 Å². The van der Waals surface area contributed by atoms with Crippen LogP contribution in [0.1, 0.15) is 63.0 Å². The number of carboxylic acids is 1. The van der Waals surface area contributed by atoms with Gasteiger partial charge in [0.1, 0.15) is 6.61 Å². The lowest BCUT2D eigenvalue weighted by Gasteiger charge is -2.28. The lowest BCUT2D eigenvalue weighted by atomic mass is 9.85. The van der Waals surface area contributed by atoms with Crippen molar-refractivity contribution in [3.63, 3.8) is 0 Å². The fraction of sp³-hybridized carbons (Fsp3) is 0.464. The number of carbonyl (C=O) groups excluding carboxylic acids is 2. The molecule has 35 heavy (non-hydrogen) atoms. The number of carbonyl (C=O) groups is 3. The number of hydrogen-bond acceptors (Lipinski definition) is 4. The quantitative estimate of drug-likeness (QED) is 0.510. The van der Waals surface area contributed by atoms with Crippen LogP contribution in [-0.2, 0) is 14.3 Å². The normalized spacial score (nSPS) is 20.0. The van der Waals surface area contributed by atoms with E-state index in [0.717, 1.165) is 24.0 Å². The average Bonchev–Trinajstić information content (AvgIpc) is 3.16. The molecule has 2 amide bonds. The number of alkyl carbamates (subject to hydrolysis) is 1. The van der Waals surface area contributed by atoms with Gasteiger partial charge in [0.15, 0.2) is 0 Å². The van der Waals surface area contributed by atoms with Crippen molar-refractivity contribution >= 4 is 18.0 Å². The number of carboxylic acid groups (broad SMARTS) is 1. The number of rotatable bonds is 8. The van der Waals surface area contributed by atoms with Crippen molar-refractivity contribution in [1.82, 2.24) is 10.6 Å². The molecule has 3 unspecified atom stereocenters. The lowest BCUT2D eigenvalue weighted by molar-refractivity contribution is -0.143. The van der Waals surface area contributed by atoms with Crippen molar-refractivity contribution in [1.29, 1.82) is 0 Å². The van der Waals surface area contributed by atoms with Gasteiger partial charge in [0.25, 0.3) is 0 Å². The SMILES string of the molecule is CC(C)C(CC(=O)NC1CCCC(C(=O)O)C1)NC(=O)OCC1c2ccccc2-c2ccccc21. The molecule has 0 saturated heterocycles. The van der Waals surface area contributed by atoms with Gasteiger partial charge in [0.05, 0.1) is 5.92 Å². The summed E-state index contributed by atoms with van der Waals surface area (Å²) in [5.74, 6) is -1.39. The number of aliphatic carboxylic acids is 1. The monoisotopic (exact) mass is 478 g/mol. The average molecular weight is 479 g/mol. The fourth-order valence-electron chi connectivity index (χ4n) is 5.28. The minimum Gasteiger partial charge on any atom is -0.481 e. The van der Waals surface area contributed by atoms with Gasteiger partial charge in [-0.15, -0.1) is 0 Å². The van der Waals surface area contributed by atoms with Gasteiger partial charge in [-0.05, 0) is 47.4 Å². The summed E-state index contributed by atoms with van der Waals surface area (Å²) >= 11 is 0. The summed E-state index contributed by atoms with van der Waals surface area (Å²) in [6.45, 7) is 4.11. The molecule has 0 heterocycles. The highest BCUT2D eigenvalue weighted by molar-refractivity contribution is 5.80. The number of ether oxygens (including phenoxy) is 1. The van der Waals surface area contributed by atoms with Crippen molar-refractivity contribution in [2.75, 3.05) is 6.61 Å². The third-order valence-electron chi connectivity index (χ3n) is 7.25. The third-order valence-corrected chi connectivity index (χ3v) is 7.25. The number of benzene rings is 2. The van der Waals surface area contributed by atoms with E-state index < -0.39 is 18.0 Å². The minimum atomic E-state index is -0.805. The summed E-state index contributed by atoms with van der Waals surface area (Å²) in [6, 6.07) is 15.8. The summed E-state index contributed by atoms with van der Waals surface area (Å²) < 4.78 is 5.65. The van der Waals surface area contributed by atoms with E-state index >= 15 is 0 Å². The summed E-state index contributed by atoms with van der Waals surface area (Å²) in [5, 5.41) is 15.1. The molecule has 0 spiro atoms. The predicted molar refractivity (Wildman–Crippen MR) is 133 cm³/mol. The van der Waals surface area contributed by atoms with Crippen LogP contribution >= 0.6 is 0 Å². The van der Waals surface area contributed by atoms with Crippen LogP contribution in [0.4, 0.5) is 4.79 Å². The van der Waals surface area contributed by atoms with Crippen LogP contribution in [0, 0.1) is 11.8 Å². The Kier molecular flexibility index (Phi) is 7.73. The molecule has 1 fully saturated rings. The standard InChI is InChI=1S/C28H34N2O5/c1-17(2)25(15-26(31)29-19-9-7-8-18(14-19)27(32)33)30-28(34)35-16-24-22-12-5-3-10-20(22)21-11-4-6-13-23(21)24/h3-6,10-13,17-19,24-25H,7-9,14-16H2,1-2H3,(H,29,31)(H,30,34)(H,32,33). The zero-order valence-electron chi connectivity index (χ0n) is 20.3. The molecular formula is C28H34N2O5. The summed E-state index contributed by atoms with van der Waals surface area (Å²) in [7, 11) is 0. The van der Waals surface area contributed by atoms with E-state index in [1.54, 1.807) is 0 Å². The summed E-state index contributed by atoms with van der Waals surface area (Å²) in [5.41, 5.74) is 4.63. The van der Waals surface area contributed by atoms with Crippen LogP contribution < -0.4 is 10.6 Å². The van der Waals surface area contributed by atoms with Gasteiger partial charge in [-0.2, -0.15) is 0 Å². The Balaban J connectivity index is 1.32. The van der Waals surface area contributed by atoms with E-state index in [9.17, 15) is 19.5 Å². The number of nitrogens with one attached hydrogen (secondary N) is 2. The second-order valence-electron chi connectivity index (χ2n) is 9.99. The first kappa shape index (κ1) is 24.8. The first-order valence-corrected chi connectivity index (χ1v) is 12.5. The second-order valence-corrected chi connectivity index (χ2v) is 9.99. The van der Waals surface area contributed by atoms with Gasteiger partial charge in [-0.1, -0.05) is 68.8 Å². The van der Waals surface area contributed by atoms with Gasteiger partial charge in [-0.3, -0.25) is 9.59 Å². The van der Waals surface area contributed by atoms with Crippen molar-refractivity contribution in [3.05, 3.63) is 59.7 Å². The summed E-state index contributed by atoms with van der Waals surface area (Å²) in [4.78, 5) is 36.7. The maximum absolute atomic E-state index is 12.7. The third kappa shape index (κ3) is 5.84. The van der Waals surface area contributed by atoms with Gasteiger partial charge in [0.2, 0.25) is 5.91 Å². The van der Waals surface area contributed by atoms with Crippen LogP contribution in [0.2, 0.25) is 0 Å². The zero-order valence-corrected chi connectivity index (χ0v) is 20.3. The largest absolute Gasteiger partial charge is 0.481 e. The fourth-order valence-corrected chi connectivity index (χ4v) is 5.28. The van der Waals surface area contributed by atoms with E-state index in [2.05, 4.69) is 34.9 Å². The highest BCUT2D eigenvalue weighted by atomic mass is 16.5. The predicted octanol–water partition coefficient (Wildman–Crippen LogP) is 4.70. The lowest BCUT2D eigenvalue weighted by Crippen LogP contribution is -2.45. The van der Waals surface area contributed by atoms with Crippen molar-refractivity contribution in [2.45, 2.75) is 64.0 Å². The smallest absolute Gasteiger partial charge is 0.407 e. The van der Waals surface area contributed by atoms with E-state index in [4.69, 9.17) is 4.74 Å². The molecule has 3 N–H and O–H groups in total. The second kappa shape index (κ2) is 10.9. The Morgan fingerprint density at radius 3 is 2.23 bits per heavy atom. The Bertz CT molecular complexity index is 1040. The van der Waals surface area contributed by atoms with E-state index in [0.29, 0.717) is 12.8 Å². The minimum absolute atomic E-state index is 0.0255. The molecule has 186 valence electrons. The number of fused-ring (bicyclic) bond motifs is 3. The van der Waals surface area contributed by atoms with E-state index in [1.165, 1.54) is 11.1 Å². The molecule has 3 atom stereocenters. The van der Waals surface area contributed by atoms with Crippen molar-refractivity contribution in [2.24, 2.45) is 11.8 Å². The molecule has 0 bridgehead atoms. The van der Waals surface area contributed by atoms with Crippen LogP contribution in [0.5, 0.6) is 0 Å². The molecule has 2 aromatic carbocycles. The van der Waals surface area contributed by atoms with Crippen LogP contribution in [-0.4, -0.2) is 41.8 Å². The Labute approximate surface area is 206 Å². The number of amides is 2. The molecule has 1 saturated carbocycles. The molecule has 0 aliphatic heterocycles. The van der Waals surface area contributed by atoms with Crippen LogP contribution in [0.25, 0.3) is 11.1 Å². The van der Waals surface area contributed by atoms with E-state index in [-0.39, 0.29) is 42.9 Å². The highest BCUT2D eigenvalue weighted by Gasteiger charge is 2.31. The van der Waals surface area contributed by atoms with Crippen molar-refractivity contribution < 1.29 is 24.2 Å². The molecule has 7 nitrogen and oxygen atoms in total. The molecule has 4 rings (SSSR count). The van der Waals surface area contributed by atoms with Gasteiger partial charge in [0, 0.05) is 24.4 Å². The van der Waals surface area contributed by atoms with Gasteiger partial charge in [-0.25, -0.2) is 4.79 Å².